The summed E-state index contributed by atoms with van der Waals surface area (Å²) < 4.78 is 2.25. The smallest absolute Gasteiger partial charge is 0.233 e. The molecule has 0 saturated carbocycles. The third kappa shape index (κ3) is 3.78. The van der Waals surface area contributed by atoms with Crippen LogP contribution in [0.25, 0.3) is 11.0 Å². The van der Waals surface area contributed by atoms with Crippen LogP contribution in [-0.2, 0) is 17.8 Å². The number of rotatable bonds is 6. The molecule has 0 unspecified atom stereocenters. The minimum Gasteiger partial charge on any atom is -0.342 e. The van der Waals surface area contributed by atoms with Gasteiger partial charge in [-0.1, -0.05) is 54.2 Å². The summed E-state index contributed by atoms with van der Waals surface area (Å²) in [6, 6.07) is 18.7. The van der Waals surface area contributed by atoms with E-state index in [0.717, 1.165) is 55.1 Å². The van der Waals surface area contributed by atoms with Gasteiger partial charge >= 0.3 is 0 Å². The van der Waals surface area contributed by atoms with Gasteiger partial charge in [0.05, 0.1) is 16.8 Å². The molecule has 4 rings (SSSR count). The largest absolute Gasteiger partial charge is 0.342 e. The Labute approximate surface area is 158 Å². The van der Waals surface area contributed by atoms with Crippen LogP contribution in [0.15, 0.2) is 59.8 Å². The van der Waals surface area contributed by atoms with Gasteiger partial charge in [0.15, 0.2) is 5.16 Å². The molecule has 4 nitrogen and oxygen atoms in total. The maximum absolute atomic E-state index is 12.4. The van der Waals surface area contributed by atoms with Crippen molar-refractivity contribution >= 4 is 28.7 Å². The Bertz CT molecular complexity index is 885. The molecule has 1 amide bonds. The summed E-state index contributed by atoms with van der Waals surface area (Å²) in [7, 11) is 0. The van der Waals surface area contributed by atoms with Crippen molar-refractivity contribution in [3.63, 3.8) is 0 Å². The number of fused-ring (bicyclic) bond motifs is 1. The Kier molecular flexibility index (Phi) is 5.25. The monoisotopic (exact) mass is 365 g/mol. The molecule has 2 heterocycles. The molecular weight excluding hydrogens is 342 g/mol. The molecule has 5 heteroatoms. The van der Waals surface area contributed by atoms with Crippen molar-refractivity contribution in [3.05, 3.63) is 60.2 Å². The van der Waals surface area contributed by atoms with E-state index < -0.39 is 0 Å². The first-order valence-electron chi connectivity index (χ1n) is 9.21. The normalized spacial score (nSPS) is 14.2. The lowest BCUT2D eigenvalue weighted by Gasteiger charge is -2.15. The number of likely N-dealkylation sites (tertiary alicyclic amines) is 1. The third-order valence-electron chi connectivity index (χ3n) is 4.87. The summed E-state index contributed by atoms with van der Waals surface area (Å²) in [6.07, 6.45) is 3.22. The molecule has 0 spiro atoms. The number of aromatic nitrogens is 2. The molecule has 134 valence electrons. The fraction of sp³-hybridized carbons (Fsp3) is 0.333. The first-order valence-corrected chi connectivity index (χ1v) is 10.2. The van der Waals surface area contributed by atoms with E-state index in [1.54, 1.807) is 11.8 Å². The van der Waals surface area contributed by atoms with Gasteiger partial charge in [0.1, 0.15) is 0 Å². The summed E-state index contributed by atoms with van der Waals surface area (Å²) in [4.78, 5) is 19.1. The van der Waals surface area contributed by atoms with Gasteiger partial charge in [0.2, 0.25) is 5.91 Å². The number of imidazole rings is 1. The van der Waals surface area contributed by atoms with E-state index >= 15 is 0 Å². The number of hydrogen-bond acceptors (Lipinski definition) is 3. The number of benzene rings is 2. The van der Waals surface area contributed by atoms with E-state index in [0.29, 0.717) is 5.75 Å². The first-order chi connectivity index (χ1) is 12.8. The number of hydrogen-bond donors (Lipinski definition) is 0. The topological polar surface area (TPSA) is 38.1 Å². The highest BCUT2D eigenvalue weighted by Gasteiger charge is 2.19. The van der Waals surface area contributed by atoms with Gasteiger partial charge in [-0.25, -0.2) is 4.98 Å². The van der Waals surface area contributed by atoms with Gasteiger partial charge in [-0.05, 0) is 37.0 Å². The number of thioether (sulfide) groups is 1. The molecule has 0 radical (unpaired) electrons. The second-order valence-corrected chi connectivity index (χ2v) is 7.59. The van der Waals surface area contributed by atoms with Crippen LogP contribution in [0.2, 0.25) is 0 Å². The summed E-state index contributed by atoms with van der Waals surface area (Å²) in [5.74, 6) is 0.698. The molecule has 1 saturated heterocycles. The van der Waals surface area contributed by atoms with Crippen molar-refractivity contribution in [2.45, 2.75) is 31.0 Å². The van der Waals surface area contributed by atoms with Crippen LogP contribution in [0.1, 0.15) is 18.4 Å². The van der Waals surface area contributed by atoms with E-state index in [1.807, 2.05) is 29.2 Å². The molecule has 2 aromatic carbocycles. The lowest BCUT2D eigenvalue weighted by Crippen LogP contribution is -2.29. The predicted octanol–water partition coefficient (Wildman–Crippen LogP) is 3.99. The molecule has 0 aliphatic carbocycles. The van der Waals surface area contributed by atoms with E-state index in [9.17, 15) is 4.79 Å². The van der Waals surface area contributed by atoms with Crippen molar-refractivity contribution in [2.24, 2.45) is 0 Å². The van der Waals surface area contributed by atoms with Crippen LogP contribution in [0, 0.1) is 0 Å². The van der Waals surface area contributed by atoms with Crippen molar-refractivity contribution in [3.8, 4) is 0 Å². The van der Waals surface area contributed by atoms with Gasteiger partial charge in [0.25, 0.3) is 0 Å². The molecule has 1 aliphatic heterocycles. The summed E-state index contributed by atoms with van der Waals surface area (Å²) in [5.41, 5.74) is 3.45. The Balaban J connectivity index is 1.52. The highest BCUT2D eigenvalue weighted by atomic mass is 32.2. The van der Waals surface area contributed by atoms with Crippen LogP contribution in [0.4, 0.5) is 0 Å². The highest BCUT2D eigenvalue weighted by molar-refractivity contribution is 7.99. The fourth-order valence-corrected chi connectivity index (χ4v) is 4.39. The fourth-order valence-electron chi connectivity index (χ4n) is 3.45. The Morgan fingerprint density at radius 3 is 2.54 bits per heavy atom. The predicted molar refractivity (Wildman–Crippen MR) is 106 cm³/mol. The Morgan fingerprint density at radius 2 is 1.73 bits per heavy atom. The molecule has 1 aromatic heterocycles. The molecule has 3 aromatic rings. The van der Waals surface area contributed by atoms with Crippen molar-refractivity contribution in [2.75, 3.05) is 18.8 Å². The first kappa shape index (κ1) is 17.2. The molecule has 0 N–H and O–H groups in total. The Hall–Kier alpha value is -2.27. The van der Waals surface area contributed by atoms with Crippen molar-refractivity contribution in [1.29, 1.82) is 0 Å². The maximum atomic E-state index is 12.4. The highest BCUT2D eigenvalue weighted by Crippen LogP contribution is 2.25. The van der Waals surface area contributed by atoms with Crippen LogP contribution >= 0.6 is 11.8 Å². The summed E-state index contributed by atoms with van der Waals surface area (Å²) in [6.45, 7) is 2.68. The maximum Gasteiger partial charge on any atom is 0.233 e. The van der Waals surface area contributed by atoms with Crippen LogP contribution < -0.4 is 0 Å². The minimum atomic E-state index is 0.231. The summed E-state index contributed by atoms with van der Waals surface area (Å²) >= 11 is 1.56. The molecule has 26 heavy (non-hydrogen) atoms. The SMILES string of the molecule is O=C(CSc1nc2ccccc2n1CCc1ccccc1)N1CCCC1. The van der Waals surface area contributed by atoms with Gasteiger partial charge in [-0.3, -0.25) is 4.79 Å². The van der Waals surface area contributed by atoms with Crippen molar-refractivity contribution in [1.82, 2.24) is 14.5 Å². The standard InChI is InChI=1S/C21H23N3OS/c25-20(23-13-6-7-14-23)16-26-21-22-18-10-4-5-11-19(18)24(21)15-12-17-8-2-1-3-9-17/h1-5,8-11H,6-7,12-16H2. The van der Waals surface area contributed by atoms with Gasteiger partial charge in [-0.2, -0.15) is 0 Å². The van der Waals surface area contributed by atoms with E-state index in [2.05, 4.69) is 34.9 Å². The number of amides is 1. The Morgan fingerprint density at radius 1 is 1.00 bits per heavy atom. The third-order valence-corrected chi connectivity index (χ3v) is 5.83. The lowest BCUT2D eigenvalue weighted by atomic mass is 10.1. The van der Waals surface area contributed by atoms with Crippen molar-refractivity contribution < 1.29 is 4.79 Å². The number of carbonyl (C=O) groups is 1. The van der Waals surface area contributed by atoms with E-state index in [1.165, 1.54) is 5.56 Å². The number of carbonyl (C=O) groups excluding carboxylic acids is 1. The van der Waals surface area contributed by atoms with Crippen LogP contribution in [-0.4, -0.2) is 39.2 Å². The average Bonchev–Trinajstić information content (AvgIpc) is 3.33. The van der Waals surface area contributed by atoms with Gasteiger partial charge in [-0.15, -0.1) is 0 Å². The molecule has 1 fully saturated rings. The van der Waals surface area contributed by atoms with Crippen LogP contribution in [0.5, 0.6) is 0 Å². The van der Waals surface area contributed by atoms with Gasteiger partial charge < -0.3 is 9.47 Å². The number of para-hydroxylation sites is 2. The summed E-state index contributed by atoms with van der Waals surface area (Å²) in [5, 5.41) is 0.940. The zero-order chi connectivity index (χ0) is 17.8. The molecule has 1 aliphatic rings. The van der Waals surface area contributed by atoms with E-state index in [4.69, 9.17) is 4.98 Å². The van der Waals surface area contributed by atoms with Gasteiger partial charge in [0, 0.05) is 19.6 Å². The second-order valence-electron chi connectivity index (χ2n) is 6.65. The molecule has 0 bridgehead atoms. The van der Waals surface area contributed by atoms with Crippen LogP contribution in [0.3, 0.4) is 0 Å². The van der Waals surface area contributed by atoms with E-state index in [-0.39, 0.29) is 5.91 Å². The second kappa shape index (κ2) is 7.96. The average molecular weight is 366 g/mol. The quantitative estimate of drug-likeness (QED) is 0.620. The minimum absolute atomic E-state index is 0.231. The molecule has 0 atom stereocenters. The zero-order valence-corrected chi connectivity index (χ0v) is 15.6. The number of aryl methyl sites for hydroxylation is 2. The lowest BCUT2D eigenvalue weighted by molar-refractivity contribution is -0.127. The number of nitrogens with zero attached hydrogens (tertiary/aromatic N) is 3. The zero-order valence-electron chi connectivity index (χ0n) is 14.8. The molecular formula is C21H23N3OS.